The van der Waals surface area contributed by atoms with E-state index in [-0.39, 0.29) is 6.61 Å². The van der Waals surface area contributed by atoms with E-state index in [0.717, 1.165) is 6.42 Å². The van der Waals surface area contributed by atoms with Crippen LogP contribution in [-0.4, -0.2) is 29.8 Å². The van der Waals surface area contributed by atoms with Crippen molar-refractivity contribution >= 4 is 5.97 Å². The van der Waals surface area contributed by atoms with Gasteiger partial charge in [0.1, 0.15) is 6.61 Å². The predicted octanol–water partition coefficient (Wildman–Crippen LogP) is 0.215. The number of nitrogens with two attached hydrogens (primary N) is 1. The quantitative estimate of drug-likeness (QED) is 0.604. The molecule has 4 heteroatoms. The van der Waals surface area contributed by atoms with Gasteiger partial charge in [-0.2, -0.15) is 0 Å². The first-order chi connectivity index (χ1) is 5.04. The molecule has 0 aliphatic heterocycles. The van der Waals surface area contributed by atoms with Gasteiger partial charge in [0.15, 0.2) is 0 Å². The topological polar surface area (TPSA) is 72.5 Å². The summed E-state index contributed by atoms with van der Waals surface area (Å²) in [6, 6.07) is 0. The SMILES string of the molecule is CCC(C)(CN)OCC(=O)O. The molecular formula is C7H15NO3. The van der Waals surface area contributed by atoms with E-state index in [1.54, 1.807) is 6.92 Å². The maximum Gasteiger partial charge on any atom is 0.329 e. The molecule has 3 N–H and O–H groups in total. The van der Waals surface area contributed by atoms with Crippen LogP contribution in [0, 0.1) is 0 Å². The van der Waals surface area contributed by atoms with Crippen molar-refractivity contribution in [3.8, 4) is 0 Å². The van der Waals surface area contributed by atoms with Crippen LogP contribution in [0.25, 0.3) is 0 Å². The van der Waals surface area contributed by atoms with Gasteiger partial charge in [-0.25, -0.2) is 4.79 Å². The molecular weight excluding hydrogens is 146 g/mol. The molecule has 0 aliphatic rings. The highest BCUT2D eigenvalue weighted by Gasteiger charge is 2.21. The van der Waals surface area contributed by atoms with Crippen LogP contribution in [0.2, 0.25) is 0 Å². The molecule has 0 aromatic heterocycles. The smallest absolute Gasteiger partial charge is 0.329 e. The molecule has 4 nitrogen and oxygen atoms in total. The number of carboxylic acid groups (broad SMARTS) is 1. The molecule has 0 aliphatic carbocycles. The molecule has 0 spiro atoms. The lowest BCUT2D eigenvalue weighted by Crippen LogP contribution is -2.38. The molecule has 0 fully saturated rings. The van der Waals surface area contributed by atoms with Crippen molar-refractivity contribution in [2.75, 3.05) is 13.2 Å². The Hall–Kier alpha value is -0.610. The lowest BCUT2D eigenvalue weighted by Gasteiger charge is -2.25. The van der Waals surface area contributed by atoms with Crippen LogP contribution in [0.15, 0.2) is 0 Å². The predicted molar refractivity (Wildman–Crippen MR) is 41.3 cm³/mol. The second kappa shape index (κ2) is 4.31. The maximum absolute atomic E-state index is 10.1. The van der Waals surface area contributed by atoms with E-state index in [2.05, 4.69) is 0 Å². The summed E-state index contributed by atoms with van der Waals surface area (Å²) in [5.74, 6) is -0.960. The zero-order chi connectivity index (χ0) is 8.91. The highest BCUT2D eigenvalue weighted by atomic mass is 16.5. The molecule has 0 saturated heterocycles. The number of carboxylic acids is 1. The van der Waals surface area contributed by atoms with E-state index in [0.29, 0.717) is 6.54 Å². The lowest BCUT2D eigenvalue weighted by atomic mass is 10.0. The Morgan fingerprint density at radius 3 is 2.55 bits per heavy atom. The minimum absolute atomic E-state index is 0.276. The van der Waals surface area contributed by atoms with Crippen molar-refractivity contribution in [3.63, 3.8) is 0 Å². The molecule has 11 heavy (non-hydrogen) atoms. The molecule has 0 saturated carbocycles. The second-order valence-corrected chi connectivity index (χ2v) is 2.69. The van der Waals surface area contributed by atoms with Crippen molar-refractivity contribution in [1.29, 1.82) is 0 Å². The van der Waals surface area contributed by atoms with Crippen LogP contribution in [0.1, 0.15) is 20.3 Å². The standard InChI is InChI=1S/C7H15NO3/c1-3-7(2,5-8)11-4-6(9)10/h3-5,8H2,1-2H3,(H,9,10). The molecule has 0 amide bonds. The normalized spacial score (nSPS) is 15.9. The molecule has 1 atom stereocenters. The first-order valence-electron chi connectivity index (χ1n) is 3.60. The molecule has 0 aromatic rings. The fraction of sp³-hybridized carbons (Fsp3) is 0.857. The Bertz CT molecular complexity index is 132. The Morgan fingerprint density at radius 2 is 2.27 bits per heavy atom. The Morgan fingerprint density at radius 1 is 1.73 bits per heavy atom. The monoisotopic (exact) mass is 161 g/mol. The summed E-state index contributed by atoms with van der Waals surface area (Å²) < 4.78 is 5.06. The van der Waals surface area contributed by atoms with Crippen LogP contribution in [0.4, 0.5) is 0 Å². The lowest BCUT2D eigenvalue weighted by molar-refractivity contribution is -0.148. The van der Waals surface area contributed by atoms with Gasteiger partial charge in [0.25, 0.3) is 0 Å². The van der Waals surface area contributed by atoms with Crippen LogP contribution in [0.3, 0.4) is 0 Å². The largest absolute Gasteiger partial charge is 0.480 e. The Labute approximate surface area is 66.3 Å². The van der Waals surface area contributed by atoms with E-state index in [9.17, 15) is 4.79 Å². The van der Waals surface area contributed by atoms with Crippen LogP contribution < -0.4 is 5.73 Å². The van der Waals surface area contributed by atoms with Crippen molar-refractivity contribution < 1.29 is 14.6 Å². The summed E-state index contributed by atoms with van der Waals surface area (Å²) in [5, 5.41) is 8.30. The Kier molecular flexibility index (Phi) is 4.07. The molecule has 0 heterocycles. The van der Waals surface area contributed by atoms with Gasteiger partial charge >= 0.3 is 5.97 Å². The summed E-state index contributed by atoms with van der Waals surface area (Å²) >= 11 is 0. The van der Waals surface area contributed by atoms with E-state index < -0.39 is 11.6 Å². The van der Waals surface area contributed by atoms with E-state index >= 15 is 0 Å². The van der Waals surface area contributed by atoms with Gasteiger partial charge in [0.2, 0.25) is 0 Å². The molecule has 66 valence electrons. The average Bonchev–Trinajstić information content (AvgIpc) is 2.00. The number of hydrogen-bond donors (Lipinski definition) is 2. The van der Waals surface area contributed by atoms with Gasteiger partial charge in [-0.15, -0.1) is 0 Å². The molecule has 0 radical (unpaired) electrons. The highest BCUT2D eigenvalue weighted by Crippen LogP contribution is 2.12. The fourth-order valence-electron chi connectivity index (χ4n) is 0.541. The summed E-state index contributed by atoms with van der Waals surface area (Å²) in [7, 11) is 0. The summed E-state index contributed by atoms with van der Waals surface area (Å²) in [5.41, 5.74) is 4.90. The molecule has 1 unspecified atom stereocenters. The van der Waals surface area contributed by atoms with Gasteiger partial charge in [0, 0.05) is 6.54 Å². The van der Waals surface area contributed by atoms with Crippen molar-refractivity contribution in [1.82, 2.24) is 0 Å². The van der Waals surface area contributed by atoms with Crippen molar-refractivity contribution in [2.24, 2.45) is 5.73 Å². The third kappa shape index (κ3) is 3.95. The average molecular weight is 161 g/mol. The van der Waals surface area contributed by atoms with Crippen LogP contribution in [-0.2, 0) is 9.53 Å². The zero-order valence-electron chi connectivity index (χ0n) is 6.96. The molecule has 0 rings (SSSR count). The minimum atomic E-state index is -0.960. The van der Waals surface area contributed by atoms with Crippen molar-refractivity contribution in [2.45, 2.75) is 25.9 Å². The summed E-state index contributed by atoms with van der Waals surface area (Å²) in [6.07, 6.45) is 0.719. The summed E-state index contributed by atoms with van der Waals surface area (Å²) in [4.78, 5) is 10.1. The van der Waals surface area contributed by atoms with Gasteiger partial charge in [-0.05, 0) is 13.3 Å². The number of ether oxygens (including phenoxy) is 1. The van der Waals surface area contributed by atoms with Gasteiger partial charge in [0.05, 0.1) is 5.60 Å². The van der Waals surface area contributed by atoms with Crippen molar-refractivity contribution in [3.05, 3.63) is 0 Å². The molecule has 0 aromatic carbocycles. The second-order valence-electron chi connectivity index (χ2n) is 2.69. The number of carbonyl (C=O) groups is 1. The highest BCUT2D eigenvalue weighted by molar-refractivity contribution is 5.68. The van der Waals surface area contributed by atoms with Gasteiger partial charge < -0.3 is 15.6 Å². The first-order valence-corrected chi connectivity index (χ1v) is 3.60. The first kappa shape index (κ1) is 10.4. The number of hydrogen-bond acceptors (Lipinski definition) is 3. The van der Waals surface area contributed by atoms with Crippen LogP contribution >= 0.6 is 0 Å². The maximum atomic E-state index is 10.1. The third-order valence-electron chi connectivity index (χ3n) is 1.72. The zero-order valence-corrected chi connectivity index (χ0v) is 6.96. The molecule has 0 bridgehead atoms. The fourth-order valence-corrected chi connectivity index (χ4v) is 0.541. The Balaban J connectivity index is 3.78. The van der Waals surface area contributed by atoms with Gasteiger partial charge in [-0.3, -0.25) is 0 Å². The number of rotatable bonds is 5. The van der Waals surface area contributed by atoms with Crippen LogP contribution in [0.5, 0.6) is 0 Å². The van der Waals surface area contributed by atoms with Gasteiger partial charge in [-0.1, -0.05) is 6.92 Å². The van der Waals surface area contributed by atoms with E-state index in [1.165, 1.54) is 0 Å². The van der Waals surface area contributed by atoms with E-state index in [4.69, 9.17) is 15.6 Å². The van der Waals surface area contributed by atoms with E-state index in [1.807, 2.05) is 6.92 Å². The minimum Gasteiger partial charge on any atom is -0.480 e. The number of aliphatic carboxylic acids is 1. The summed E-state index contributed by atoms with van der Waals surface area (Å²) in [6.45, 7) is 3.78. The third-order valence-corrected chi connectivity index (χ3v) is 1.72.